The summed E-state index contributed by atoms with van der Waals surface area (Å²) in [5.41, 5.74) is 0.738. The smallest absolute Gasteiger partial charge is 0.270 e. The molecular weight excluding hydrogens is 320 g/mol. The zero-order valence-electron chi connectivity index (χ0n) is 12.3. The Kier molecular flexibility index (Phi) is 4.91. The lowest BCUT2D eigenvalue weighted by Crippen LogP contribution is -2.41. The fourth-order valence-corrected chi connectivity index (χ4v) is 3.23. The van der Waals surface area contributed by atoms with Crippen LogP contribution in [0, 0.1) is 5.92 Å². The van der Waals surface area contributed by atoms with Crippen molar-refractivity contribution in [2.24, 2.45) is 5.92 Å². The van der Waals surface area contributed by atoms with Gasteiger partial charge in [-0.3, -0.25) is 4.79 Å². The van der Waals surface area contributed by atoms with Crippen LogP contribution in [0.3, 0.4) is 0 Å². The van der Waals surface area contributed by atoms with E-state index in [0.717, 1.165) is 36.1 Å². The van der Waals surface area contributed by atoms with E-state index in [1.54, 1.807) is 0 Å². The number of halogens is 1. The first-order chi connectivity index (χ1) is 9.40. The standard InChI is InChI=1S/C15H23BrN2O2/c1-10(2)18-9-13(16)8-14(18)15(20)17-6-4-12(5-7-17)11(3)19/h8-12,19H,4-7H2,1-3H3. The van der Waals surface area contributed by atoms with Crippen molar-refractivity contribution in [2.75, 3.05) is 13.1 Å². The predicted molar refractivity (Wildman–Crippen MR) is 82.8 cm³/mol. The summed E-state index contributed by atoms with van der Waals surface area (Å²) in [4.78, 5) is 14.5. The first-order valence-electron chi connectivity index (χ1n) is 7.25. The average molecular weight is 343 g/mol. The molecule has 1 unspecified atom stereocenters. The van der Waals surface area contributed by atoms with Gasteiger partial charge < -0.3 is 14.6 Å². The van der Waals surface area contributed by atoms with Gasteiger partial charge in [-0.2, -0.15) is 0 Å². The molecule has 0 radical (unpaired) electrons. The van der Waals surface area contributed by atoms with E-state index in [4.69, 9.17) is 0 Å². The number of amides is 1. The molecule has 4 nitrogen and oxygen atoms in total. The Morgan fingerprint density at radius 3 is 2.45 bits per heavy atom. The number of carbonyl (C=O) groups excluding carboxylic acids is 1. The van der Waals surface area contributed by atoms with Crippen LogP contribution in [0.1, 0.15) is 50.1 Å². The zero-order valence-corrected chi connectivity index (χ0v) is 13.9. The molecule has 1 aromatic heterocycles. The van der Waals surface area contributed by atoms with Crippen molar-refractivity contribution in [3.05, 3.63) is 22.4 Å². The van der Waals surface area contributed by atoms with Gasteiger partial charge in [0.1, 0.15) is 5.69 Å². The molecule has 20 heavy (non-hydrogen) atoms. The lowest BCUT2D eigenvalue weighted by molar-refractivity contribution is 0.0512. The molecule has 0 aromatic carbocycles. The number of nitrogens with zero attached hydrogens (tertiary/aromatic N) is 2. The van der Waals surface area contributed by atoms with Crippen molar-refractivity contribution in [1.29, 1.82) is 0 Å². The SMILES string of the molecule is CC(O)C1CCN(C(=O)c2cc(Br)cn2C(C)C)CC1. The fourth-order valence-electron chi connectivity index (χ4n) is 2.79. The molecule has 1 fully saturated rings. The summed E-state index contributed by atoms with van der Waals surface area (Å²) in [6.45, 7) is 7.44. The van der Waals surface area contributed by atoms with E-state index in [2.05, 4.69) is 29.8 Å². The maximum absolute atomic E-state index is 12.6. The second-order valence-corrected chi connectivity index (χ2v) is 6.83. The fraction of sp³-hybridized carbons (Fsp3) is 0.667. The van der Waals surface area contributed by atoms with Crippen LogP contribution in [0.4, 0.5) is 0 Å². The van der Waals surface area contributed by atoms with Gasteiger partial charge in [-0.05, 0) is 61.5 Å². The highest BCUT2D eigenvalue weighted by molar-refractivity contribution is 9.10. The molecule has 0 spiro atoms. The van der Waals surface area contributed by atoms with Gasteiger partial charge in [0.2, 0.25) is 0 Å². The van der Waals surface area contributed by atoms with Gasteiger partial charge >= 0.3 is 0 Å². The number of carbonyl (C=O) groups is 1. The van der Waals surface area contributed by atoms with Gasteiger partial charge in [0.15, 0.2) is 0 Å². The maximum atomic E-state index is 12.6. The quantitative estimate of drug-likeness (QED) is 0.917. The third-order valence-electron chi connectivity index (χ3n) is 4.10. The van der Waals surface area contributed by atoms with Crippen LogP contribution in [-0.2, 0) is 0 Å². The number of hydrogen-bond donors (Lipinski definition) is 1. The minimum atomic E-state index is -0.277. The summed E-state index contributed by atoms with van der Waals surface area (Å²) in [5.74, 6) is 0.413. The summed E-state index contributed by atoms with van der Waals surface area (Å²) in [6, 6.07) is 2.15. The van der Waals surface area contributed by atoms with E-state index in [1.807, 2.05) is 28.7 Å². The number of rotatable bonds is 3. The molecule has 1 saturated heterocycles. The topological polar surface area (TPSA) is 45.5 Å². The van der Waals surface area contributed by atoms with E-state index >= 15 is 0 Å². The average Bonchev–Trinajstić information content (AvgIpc) is 2.80. The normalized spacial score (nSPS) is 18.6. The summed E-state index contributed by atoms with van der Waals surface area (Å²) in [5, 5.41) is 9.63. The van der Waals surface area contributed by atoms with Crippen LogP contribution in [0.25, 0.3) is 0 Å². The summed E-state index contributed by atoms with van der Waals surface area (Å²) < 4.78 is 2.95. The lowest BCUT2D eigenvalue weighted by atomic mass is 9.92. The molecule has 2 heterocycles. The first kappa shape index (κ1) is 15.6. The highest BCUT2D eigenvalue weighted by Gasteiger charge is 2.27. The summed E-state index contributed by atoms with van der Waals surface area (Å²) in [6.07, 6.45) is 3.45. The molecule has 1 N–H and O–H groups in total. The Labute approximate surface area is 128 Å². The van der Waals surface area contributed by atoms with E-state index in [0.29, 0.717) is 5.92 Å². The molecule has 2 rings (SSSR count). The Morgan fingerprint density at radius 1 is 1.35 bits per heavy atom. The zero-order chi connectivity index (χ0) is 14.9. The van der Waals surface area contributed by atoms with Crippen molar-refractivity contribution >= 4 is 21.8 Å². The highest BCUT2D eigenvalue weighted by atomic mass is 79.9. The molecular formula is C15H23BrN2O2. The molecule has 1 aromatic rings. The van der Waals surface area contributed by atoms with Gasteiger partial charge in [-0.25, -0.2) is 0 Å². The second-order valence-electron chi connectivity index (χ2n) is 5.91. The van der Waals surface area contributed by atoms with Gasteiger partial charge in [-0.1, -0.05) is 0 Å². The number of hydrogen-bond acceptors (Lipinski definition) is 2. The molecule has 1 amide bonds. The third-order valence-corrected chi connectivity index (χ3v) is 4.53. The predicted octanol–water partition coefficient (Wildman–Crippen LogP) is 3.06. The van der Waals surface area contributed by atoms with Gasteiger partial charge in [0, 0.05) is 29.8 Å². The van der Waals surface area contributed by atoms with Crippen LogP contribution in [0.2, 0.25) is 0 Å². The lowest BCUT2D eigenvalue weighted by Gasteiger charge is -2.33. The van der Waals surface area contributed by atoms with Crippen molar-refractivity contribution in [1.82, 2.24) is 9.47 Å². The van der Waals surface area contributed by atoms with Gasteiger partial charge in [0.05, 0.1) is 6.10 Å². The minimum Gasteiger partial charge on any atom is -0.393 e. The van der Waals surface area contributed by atoms with Crippen LogP contribution in [-0.4, -0.2) is 39.7 Å². The number of aliphatic hydroxyl groups excluding tert-OH is 1. The molecule has 5 heteroatoms. The van der Waals surface area contributed by atoms with E-state index in [-0.39, 0.29) is 18.1 Å². The second kappa shape index (κ2) is 6.31. The summed E-state index contributed by atoms with van der Waals surface area (Å²) in [7, 11) is 0. The Balaban J connectivity index is 2.09. The third kappa shape index (κ3) is 3.26. The van der Waals surface area contributed by atoms with E-state index in [9.17, 15) is 9.90 Å². The monoisotopic (exact) mass is 342 g/mol. The molecule has 1 aliphatic heterocycles. The molecule has 0 bridgehead atoms. The van der Waals surface area contributed by atoms with Crippen LogP contribution >= 0.6 is 15.9 Å². The highest BCUT2D eigenvalue weighted by Crippen LogP contribution is 2.25. The van der Waals surface area contributed by atoms with Gasteiger partial charge in [0.25, 0.3) is 5.91 Å². The van der Waals surface area contributed by atoms with Crippen molar-refractivity contribution in [2.45, 2.75) is 45.8 Å². The van der Waals surface area contributed by atoms with Gasteiger partial charge in [-0.15, -0.1) is 0 Å². The Morgan fingerprint density at radius 2 is 1.95 bits per heavy atom. The van der Waals surface area contributed by atoms with Crippen LogP contribution in [0.15, 0.2) is 16.7 Å². The van der Waals surface area contributed by atoms with Crippen LogP contribution < -0.4 is 0 Å². The number of piperidine rings is 1. The number of likely N-dealkylation sites (tertiary alicyclic amines) is 1. The molecule has 0 aliphatic carbocycles. The molecule has 112 valence electrons. The first-order valence-corrected chi connectivity index (χ1v) is 8.04. The number of aromatic nitrogens is 1. The number of aliphatic hydroxyl groups is 1. The summed E-state index contributed by atoms with van der Waals surface area (Å²) >= 11 is 3.45. The Hall–Kier alpha value is -0.810. The minimum absolute atomic E-state index is 0.0912. The molecule has 1 atom stereocenters. The molecule has 1 aliphatic rings. The van der Waals surface area contributed by atoms with E-state index in [1.165, 1.54) is 0 Å². The Bertz CT molecular complexity index is 474. The maximum Gasteiger partial charge on any atom is 0.270 e. The van der Waals surface area contributed by atoms with Crippen LogP contribution in [0.5, 0.6) is 0 Å². The largest absolute Gasteiger partial charge is 0.393 e. The van der Waals surface area contributed by atoms with Crippen molar-refractivity contribution in [3.8, 4) is 0 Å². The van der Waals surface area contributed by atoms with Crippen molar-refractivity contribution < 1.29 is 9.90 Å². The van der Waals surface area contributed by atoms with Crippen molar-refractivity contribution in [3.63, 3.8) is 0 Å². The molecule has 0 saturated carbocycles. The van der Waals surface area contributed by atoms with E-state index < -0.39 is 0 Å².